The van der Waals surface area contributed by atoms with Gasteiger partial charge in [-0.1, -0.05) is 24.3 Å². The Morgan fingerprint density at radius 2 is 1.42 bits per heavy atom. The van der Waals surface area contributed by atoms with Gasteiger partial charge in [0.15, 0.2) is 5.43 Å². The fourth-order valence-corrected chi connectivity index (χ4v) is 3.71. The minimum absolute atomic E-state index is 0.0330. The molecule has 1 aromatic heterocycles. The maximum atomic E-state index is 13.4. The number of aromatic nitrogens is 1. The molecule has 0 saturated carbocycles. The number of nitrogens with two attached hydrogens (primary N) is 1. The first-order chi connectivity index (χ1) is 15.0. The van der Waals surface area contributed by atoms with Gasteiger partial charge in [0, 0.05) is 29.4 Å². The third-order valence-electron chi connectivity index (χ3n) is 5.19. The smallest absolute Gasteiger partial charge is 0.246 e. The fraction of sp³-hybridized carbons (Fsp3) is 0.125. The van der Waals surface area contributed by atoms with Crippen molar-refractivity contribution in [2.75, 3.05) is 11.4 Å². The first-order valence-corrected chi connectivity index (χ1v) is 9.80. The highest BCUT2D eigenvalue weighted by Gasteiger charge is 2.19. The lowest BCUT2D eigenvalue weighted by Crippen LogP contribution is -2.36. The van der Waals surface area contributed by atoms with E-state index in [0.717, 1.165) is 0 Å². The lowest BCUT2D eigenvalue weighted by molar-refractivity contribution is -0.119. The van der Waals surface area contributed by atoms with Crippen molar-refractivity contribution in [3.8, 4) is 0 Å². The number of carbonyl (C=O) groups excluding carboxylic acids is 2. The molecule has 0 unspecified atom stereocenters. The van der Waals surface area contributed by atoms with Crippen LogP contribution >= 0.6 is 0 Å². The van der Waals surface area contributed by atoms with E-state index in [1.807, 2.05) is 12.1 Å². The first-order valence-electron chi connectivity index (χ1n) is 9.80. The van der Waals surface area contributed by atoms with E-state index in [2.05, 4.69) is 0 Å². The van der Waals surface area contributed by atoms with E-state index in [1.165, 1.54) is 29.2 Å². The molecule has 0 aliphatic heterocycles. The molecule has 0 fully saturated rings. The van der Waals surface area contributed by atoms with E-state index in [9.17, 15) is 18.8 Å². The molecular weight excluding hydrogens is 397 g/mol. The van der Waals surface area contributed by atoms with Crippen LogP contribution in [0.15, 0.2) is 77.6 Å². The molecule has 156 valence electrons. The molecular formula is C24H20FN3O3. The molecule has 0 bridgehead atoms. The predicted octanol–water partition coefficient (Wildman–Crippen LogP) is 3.20. The van der Waals surface area contributed by atoms with Crippen LogP contribution in [0, 0.1) is 5.82 Å². The minimum atomic E-state index is -0.542. The second kappa shape index (κ2) is 8.39. The molecule has 0 aliphatic rings. The van der Waals surface area contributed by atoms with Crippen LogP contribution in [0.5, 0.6) is 0 Å². The predicted molar refractivity (Wildman–Crippen MR) is 118 cm³/mol. The molecule has 0 saturated heterocycles. The Balaban J connectivity index is 1.81. The monoisotopic (exact) mass is 417 g/mol. The van der Waals surface area contributed by atoms with Crippen LogP contribution in [-0.2, 0) is 16.1 Å². The summed E-state index contributed by atoms with van der Waals surface area (Å²) in [5.74, 6) is -1.28. The van der Waals surface area contributed by atoms with Gasteiger partial charge in [-0.25, -0.2) is 4.39 Å². The van der Waals surface area contributed by atoms with Gasteiger partial charge in [-0.3, -0.25) is 14.4 Å². The fourth-order valence-electron chi connectivity index (χ4n) is 3.71. The van der Waals surface area contributed by atoms with Crippen molar-refractivity contribution in [3.63, 3.8) is 0 Å². The third kappa shape index (κ3) is 4.02. The van der Waals surface area contributed by atoms with Crippen LogP contribution < -0.4 is 16.1 Å². The summed E-state index contributed by atoms with van der Waals surface area (Å²) in [6.45, 7) is -0.00664. The van der Waals surface area contributed by atoms with E-state index in [4.69, 9.17) is 5.73 Å². The molecule has 2 N–H and O–H groups in total. The number of pyridine rings is 1. The number of hydrogen-bond donors (Lipinski definition) is 1. The van der Waals surface area contributed by atoms with E-state index in [0.29, 0.717) is 27.5 Å². The molecule has 3 aromatic carbocycles. The first kappa shape index (κ1) is 20.3. The zero-order valence-electron chi connectivity index (χ0n) is 16.6. The summed E-state index contributed by atoms with van der Waals surface area (Å²) >= 11 is 0. The number of halogens is 1. The van der Waals surface area contributed by atoms with Crippen LogP contribution in [0.1, 0.15) is 6.42 Å². The molecule has 1 heterocycles. The Bertz CT molecular complexity index is 1290. The van der Waals surface area contributed by atoms with Gasteiger partial charge in [-0.05, 0) is 48.5 Å². The largest absolute Gasteiger partial charge is 0.370 e. The van der Waals surface area contributed by atoms with Gasteiger partial charge in [0.05, 0.1) is 11.0 Å². The topological polar surface area (TPSA) is 85.4 Å². The maximum absolute atomic E-state index is 13.4. The normalized spacial score (nSPS) is 11.0. The van der Waals surface area contributed by atoms with Crippen molar-refractivity contribution in [2.45, 2.75) is 13.0 Å². The van der Waals surface area contributed by atoms with Gasteiger partial charge >= 0.3 is 0 Å². The molecule has 0 spiro atoms. The highest BCUT2D eigenvalue weighted by molar-refractivity contribution is 5.98. The third-order valence-corrected chi connectivity index (χ3v) is 5.19. The summed E-state index contributed by atoms with van der Waals surface area (Å²) in [5.41, 5.74) is 6.91. The number of rotatable bonds is 6. The number of nitrogens with zero attached hydrogens (tertiary/aromatic N) is 2. The number of hydrogen-bond acceptors (Lipinski definition) is 3. The Labute approximate surface area is 177 Å². The van der Waals surface area contributed by atoms with Crippen molar-refractivity contribution in [2.24, 2.45) is 5.73 Å². The second-order valence-corrected chi connectivity index (χ2v) is 7.19. The summed E-state index contributed by atoms with van der Waals surface area (Å²) in [6.07, 6.45) is -0.0330. The molecule has 0 atom stereocenters. The van der Waals surface area contributed by atoms with Crippen LogP contribution in [0.3, 0.4) is 0 Å². The van der Waals surface area contributed by atoms with Crippen molar-refractivity contribution >= 4 is 39.3 Å². The number of fused-ring (bicyclic) bond motifs is 2. The average molecular weight is 417 g/mol. The molecule has 6 nitrogen and oxygen atoms in total. The molecule has 7 heteroatoms. The quantitative estimate of drug-likeness (QED) is 0.489. The number of benzene rings is 3. The lowest BCUT2D eigenvalue weighted by atomic mass is 10.1. The van der Waals surface area contributed by atoms with Gasteiger partial charge < -0.3 is 15.2 Å². The van der Waals surface area contributed by atoms with E-state index >= 15 is 0 Å². The average Bonchev–Trinajstić information content (AvgIpc) is 2.78. The van der Waals surface area contributed by atoms with Crippen LogP contribution in [0.2, 0.25) is 0 Å². The van der Waals surface area contributed by atoms with E-state index < -0.39 is 11.7 Å². The minimum Gasteiger partial charge on any atom is -0.370 e. The molecule has 4 rings (SSSR count). The van der Waals surface area contributed by atoms with Crippen molar-refractivity contribution in [1.82, 2.24) is 4.57 Å². The summed E-state index contributed by atoms with van der Waals surface area (Å²) < 4.78 is 15.2. The number of primary amides is 1. The van der Waals surface area contributed by atoms with E-state index in [-0.39, 0.29) is 30.8 Å². The zero-order valence-corrected chi connectivity index (χ0v) is 16.6. The second-order valence-electron chi connectivity index (χ2n) is 7.19. The van der Waals surface area contributed by atoms with Gasteiger partial charge in [-0.2, -0.15) is 0 Å². The highest BCUT2D eigenvalue weighted by Crippen LogP contribution is 2.21. The highest BCUT2D eigenvalue weighted by atomic mass is 19.1. The van der Waals surface area contributed by atoms with Crippen LogP contribution in [0.25, 0.3) is 21.8 Å². The Kier molecular flexibility index (Phi) is 5.49. The Hall–Kier alpha value is -4.00. The van der Waals surface area contributed by atoms with Crippen LogP contribution in [0.4, 0.5) is 10.1 Å². The van der Waals surface area contributed by atoms with Crippen molar-refractivity contribution < 1.29 is 14.0 Å². The Morgan fingerprint density at radius 1 is 0.871 bits per heavy atom. The molecule has 2 amide bonds. The van der Waals surface area contributed by atoms with Gasteiger partial charge in [0.1, 0.15) is 12.4 Å². The molecule has 0 aliphatic carbocycles. The number of anilines is 1. The lowest BCUT2D eigenvalue weighted by Gasteiger charge is -2.24. The molecule has 31 heavy (non-hydrogen) atoms. The number of carbonyl (C=O) groups is 2. The summed E-state index contributed by atoms with van der Waals surface area (Å²) in [4.78, 5) is 39.0. The van der Waals surface area contributed by atoms with E-state index in [1.54, 1.807) is 41.0 Å². The molecule has 4 aromatic rings. The number of para-hydroxylation sites is 2. The summed E-state index contributed by atoms with van der Waals surface area (Å²) in [7, 11) is 0. The standard InChI is InChI=1S/C24H20FN3O3/c25-16-9-11-17(12-10-16)27(14-13-22(26)29)23(30)15-28-20-7-3-1-5-18(20)24(31)19-6-2-4-8-21(19)28/h1-12H,13-15H2,(H2,26,29). The van der Waals surface area contributed by atoms with Gasteiger partial charge in [0.25, 0.3) is 0 Å². The van der Waals surface area contributed by atoms with Crippen LogP contribution in [-0.4, -0.2) is 22.9 Å². The Morgan fingerprint density at radius 3 is 1.97 bits per heavy atom. The maximum Gasteiger partial charge on any atom is 0.246 e. The summed E-state index contributed by atoms with van der Waals surface area (Å²) in [6, 6.07) is 19.7. The van der Waals surface area contributed by atoms with Gasteiger partial charge in [0.2, 0.25) is 11.8 Å². The van der Waals surface area contributed by atoms with Gasteiger partial charge in [-0.15, -0.1) is 0 Å². The number of amides is 2. The zero-order chi connectivity index (χ0) is 22.0. The van der Waals surface area contributed by atoms with Crippen molar-refractivity contribution in [3.05, 3.63) is 88.8 Å². The SMILES string of the molecule is NC(=O)CCN(C(=O)Cn1c2ccccc2c(=O)c2ccccc21)c1ccc(F)cc1. The molecule has 0 radical (unpaired) electrons. The van der Waals surface area contributed by atoms with Crippen molar-refractivity contribution in [1.29, 1.82) is 0 Å². The summed E-state index contributed by atoms with van der Waals surface area (Å²) in [5, 5.41) is 1.03.